The summed E-state index contributed by atoms with van der Waals surface area (Å²) in [5, 5.41) is 0.538. The van der Waals surface area contributed by atoms with Gasteiger partial charge in [-0.25, -0.2) is 0 Å². The van der Waals surface area contributed by atoms with E-state index in [4.69, 9.17) is 0 Å². The van der Waals surface area contributed by atoms with E-state index in [0.717, 1.165) is 34.4 Å². The summed E-state index contributed by atoms with van der Waals surface area (Å²) < 4.78 is 0.888. The van der Waals surface area contributed by atoms with Gasteiger partial charge in [0.25, 0.3) is 5.91 Å². The van der Waals surface area contributed by atoms with Gasteiger partial charge in [-0.2, -0.15) is 11.8 Å². The minimum absolute atomic E-state index is 0.146. The second-order valence-corrected chi connectivity index (χ2v) is 6.82. The third-order valence-electron chi connectivity index (χ3n) is 2.88. The number of hydrogen-bond donors (Lipinski definition) is 0. The Morgan fingerprint density at radius 2 is 2.29 bits per heavy atom. The minimum Gasteiger partial charge on any atom is -0.337 e. The molecule has 1 amide bonds. The SMILES string of the molecule is Cc1ccc(Br)c(C(=O)N2CCSC(C)C2)c1. The summed E-state index contributed by atoms with van der Waals surface area (Å²) in [4.78, 5) is 14.4. The molecule has 4 heteroatoms. The van der Waals surface area contributed by atoms with Gasteiger partial charge in [-0.05, 0) is 35.0 Å². The lowest BCUT2D eigenvalue weighted by molar-refractivity contribution is 0.0762. The van der Waals surface area contributed by atoms with Gasteiger partial charge < -0.3 is 4.90 Å². The van der Waals surface area contributed by atoms with E-state index in [0.29, 0.717) is 5.25 Å². The van der Waals surface area contributed by atoms with Crippen LogP contribution in [0.15, 0.2) is 22.7 Å². The maximum absolute atomic E-state index is 12.4. The van der Waals surface area contributed by atoms with E-state index in [1.54, 1.807) is 0 Å². The molecular formula is C13H16BrNOS. The Morgan fingerprint density at radius 3 is 3.00 bits per heavy atom. The highest BCUT2D eigenvalue weighted by molar-refractivity contribution is 9.10. The molecule has 1 aromatic rings. The molecule has 1 saturated heterocycles. The molecule has 1 aliphatic rings. The number of hydrogen-bond acceptors (Lipinski definition) is 2. The number of rotatable bonds is 1. The second-order valence-electron chi connectivity index (χ2n) is 4.42. The minimum atomic E-state index is 0.146. The summed E-state index contributed by atoms with van der Waals surface area (Å²) >= 11 is 5.40. The first-order valence-corrected chi connectivity index (χ1v) is 7.59. The summed E-state index contributed by atoms with van der Waals surface area (Å²) in [5.41, 5.74) is 1.90. The third-order valence-corrected chi connectivity index (χ3v) is 4.71. The first kappa shape index (κ1) is 13.0. The molecule has 1 heterocycles. The number of halogens is 1. The summed E-state index contributed by atoms with van der Waals surface area (Å²) in [6.07, 6.45) is 0. The maximum atomic E-state index is 12.4. The number of thioether (sulfide) groups is 1. The number of amides is 1. The molecule has 17 heavy (non-hydrogen) atoms. The van der Waals surface area contributed by atoms with Crippen molar-refractivity contribution in [1.29, 1.82) is 0 Å². The highest BCUT2D eigenvalue weighted by atomic mass is 79.9. The van der Waals surface area contributed by atoms with Crippen LogP contribution in [0, 0.1) is 6.92 Å². The van der Waals surface area contributed by atoms with Crippen molar-refractivity contribution in [2.24, 2.45) is 0 Å². The van der Waals surface area contributed by atoms with Gasteiger partial charge in [0, 0.05) is 28.6 Å². The van der Waals surface area contributed by atoms with Gasteiger partial charge in [0.15, 0.2) is 0 Å². The van der Waals surface area contributed by atoms with Gasteiger partial charge in [0.2, 0.25) is 0 Å². The average molecular weight is 314 g/mol. The lowest BCUT2D eigenvalue weighted by atomic mass is 10.1. The molecule has 1 unspecified atom stereocenters. The van der Waals surface area contributed by atoms with E-state index >= 15 is 0 Å². The fourth-order valence-corrected chi connectivity index (χ4v) is 3.41. The molecule has 0 radical (unpaired) electrons. The predicted octanol–water partition coefficient (Wildman–Crippen LogP) is 3.34. The second kappa shape index (κ2) is 5.44. The molecule has 1 aromatic carbocycles. The Hall–Kier alpha value is -0.480. The van der Waals surface area contributed by atoms with Crippen LogP contribution in [-0.2, 0) is 0 Å². The van der Waals surface area contributed by atoms with Crippen LogP contribution in [-0.4, -0.2) is 34.9 Å². The average Bonchev–Trinajstić information content (AvgIpc) is 2.31. The molecule has 1 aliphatic heterocycles. The van der Waals surface area contributed by atoms with Crippen molar-refractivity contribution in [2.75, 3.05) is 18.8 Å². The largest absolute Gasteiger partial charge is 0.337 e. The van der Waals surface area contributed by atoms with Crippen LogP contribution in [0.3, 0.4) is 0 Å². The van der Waals surface area contributed by atoms with Crippen molar-refractivity contribution in [3.8, 4) is 0 Å². The quantitative estimate of drug-likeness (QED) is 0.792. The van der Waals surface area contributed by atoms with Crippen LogP contribution in [0.2, 0.25) is 0 Å². The number of benzene rings is 1. The van der Waals surface area contributed by atoms with E-state index in [1.165, 1.54) is 0 Å². The standard InChI is InChI=1S/C13H16BrNOS/c1-9-3-4-12(14)11(7-9)13(16)15-5-6-17-10(2)8-15/h3-4,7,10H,5-6,8H2,1-2H3. The van der Waals surface area contributed by atoms with Crippen LogP contribution in [0.4, 0.5) is 0 Å². The predicted molar refractivity (Wildman–Crippen MR) is 76.7 cm³/mol. The lowest BCUT2D eigenvalue weighted by Crippen LogP contribution is -2.41. The molecule has 0 aliphatic carbocycles. The van der Waals surface area contributed by atoms with E-state index in [9.17, 15) is 4.79 Å². The zero-order valence-corrected chi connectivity index (χ0v) is 12.5. The summed E-state index contributed by atoms with van der Waals surface area (Å²) in [6.45, 7) is 5.89. The molecule has 2 nitrogen and oxygen atoms in total. The Balaban J connectivity index is 2.21. The molecular weight excluding hydrogens is 298 g/mol. The van der Waals surface area contributed by atoms with Crippen LogP contribution >= 0.6 is 27.7 Å². The zero-order chi connectivity index (χ0) is 12.4. The van der Waals surface area contributed by atoms with Gasteiger partial charge in [-0.15, -0.1) is 0 Å². The first-order valence-electron chi connectivity index (χ1n) is 5.75. The van der Waals surface area contributed by atoms with Crippen molar-refractivity contribution in [3.63, 3.8) is 0 Å². The Morgan fingerprint density at radius 1 is 1.53 bits per heavy atom. The molecule has 0 saturated carbocycles. The molecule has 0 bridgehead atoms. The highest BCUT2D eigenvalue weighted by Crippen LogP contribution is 2.23. The molecule has 2 rings (SSSR count). The van der Waals surface area contributed by atoms with E-state index in [2.05, 4.69) is 22.9 Å². The molecule has 0 N–H and O–H groups in total. The maximum Gasteiger partial charge on any atom is 0.255 e. The van der Waals surface area contributed by atoms with Gasteiger partial charge >= 0.3 is 0 Å². The van der Waals surface area contributed by atoms with Crippen molar-refractivity contribution >= 4 is 33.6 Å². The van der Waals surface area contributed by atoms with E-state index in [1.807, 2.05) is 41.8 Å². The summed E-state index contributed by atoms with van der Waals surface area (Å²) in [5.74, 6) is 1.18. The van der Waals surface area contributed by atoms with Gasteiger partial charge in [-0.3, -0.25) is 4.79 Å². The molecule has 92 valence electrons. The zero-order valence-electron chi connectivity index (χ0n) is 10.1. The highest BCUT2D eigenvalue weighted by Gasteiger charge is 2.23. The number of carbonyl (C=O) groups excluding carboxylic acids is 1. The van der Waals surface area contributed by atoms with Crippen LogP contribution < -0.4 is 0 Å². The fraction of sp³-hybridized carbons (Fsp3) is 0.462. The summed E-state index contributed by atoms with van der Waals surface area (Å²) in [6, 6.07) is 5.92. The van der Waals surface area contributed by atoms with Crippen LogP contribution in [0.5, 0.6) is 0 Å². The number of carbonyl (C=O) groups is 1. The van der Waals surface area contributed by atoms with Crippen molar-refractivity contribution in [3.05, 3.63) is 33.8 Å². The van der Waals surface area contributed by atoms with E-state index < -0.39 is 0 Å². The fourth-order valence-electron chi connectivity index (χ4n) is 1.98. The molecule has 0 aromatic heterocycles. The van der Waals surface area contributed by atoms with Crippen LogP contribution in [0.25, 0.3) is 0 Å². The Labute approximate surface area is 115 Å². The first-order chi connectivity index (χ1) is 8.08. The van der Waals surface area contributed by atoms with E-state index in [-0.39, 0.29) is 5.91 Å². The molecule has 1 fully saturated rings. The number of nitrogens with zero attached hydrogens (tertiary/aromatic N) is 1. The Bertz CT molecular complexity index is 435. The van der Waals surface area contributed by atoms with Gasteiger partial charge in [0.05, 0.1) is 5.56 Å². The third kappa shape index (κ3) is 3.05. The van der Waals surface area contributed by atoms with Crippen LogP contribution in [0.1, 0.15) is 22.8 Å². The smallest absolute Gasteiger partial charge is 0.255 e. The van der Waals surface area contributed by atoms with Crippen molar-refractivity contribution in [2.45, 2.75) is 19.1 Å². The Kier molecular flexibility index (Phi) is 4.15. The van der Waals surface area contributed by atoms with Gasteiger partial charge in [0.1, 0.15) is 0 Å². The van der Waals surface area contributed by atoms with Gasteiger partial charge in [-0.1, -0.05) is 18.6 Å². The lowest BCUT2D eigenvalue weighted by Gasteiger charge is -2.31. The van der Waals surface area contributed by atoms with Crippen molar-refractivity contribution in [1.82, 2.24) is 4.90 Å². The topological polar surface area (TPSA) is 20.3 Å². The monoisotopic (exact) mass is 313 g/mol. The normalized spacial score (nSPS) is 20.4. The molecule has 0 spiro atoms. The summed E-state index contributed by atoms with van der Waals surface area (Å²) in [7, 11) is 0. The number of aryl methyl sites for hydroxylation is 1. The van der Waals surface area contributed by atoms with Crippen molar-refractivity contribution < 1.29 is 4.79 Å². The molecule has 1 atom stereocenters.